The molecule has 0 aromatic heterocycles. The fourth-order valence-electron chi connectivity index (χ4n) is 3.06. The molecular weight excluding hydrogens is 244 g/mol. The molecule has 1 saturated carbocycles. The number of amides is 1. The lowest BCUT2D eigenvalue weighted by atomic mass is 10.1. The Kier molecular flexibility index (Phi) is 4.05. The highest BCUT2D eigenvalue weighted by molar-refractivity contribution is 5.81. The highest BCUT2D eigenvalue weighted by Gasteiger charge is 2.40. The Bertz CT molecular complexity index is 327. The van der Waals surface area contributed by atoms with Crippen molar-refractivity contribution >= 4 is 5.91 Å². The van der Waals surface area contributed by atoms with Crippen LogP contribution in [-0.4, -0.2) is 55.4 Å². The number of carbonyl (C=O) groups excluding carboxylic acids is 1. The minimum Gasteiger partial charge on any atom is -0.381 e. The number of rotatable bonds is 5. The van der Waals surface area contributed by atoms with Crippen molar-refractivity contribution in [3.05, 3.63) is 0 Å². The molecule has 1 amide bonds. The molecule has 3 fully saturated rings. The largest absolute Gasteiger partial charge is 0.381 e. The lowest BCUT2D eigenvalue weighted by molar-refractivity contribution is -0.144. The van der Waals surface area contributed by atoms with Crippen molar-refractivity contribution in [1.29, 1.82) is 0 Å². The Hall–Kier alpha value is -0.650. The molecule has 108 valence electrons. The lowest BCUT2D eigenvalue weighted by Gasteiger charge is -2.27. The van der Waals surface area contributed by atoms with E-state index in [0.29, 0.717) is 18.5 Å². The van der Waals surface area contributed by atoms with Crippen molar-refractivity contribution in [2.45, 2.75) is 50.4 Å². The molecule has 5 nitrogen and oxygen atoms in total. The molecule has 3 rings (SSSR count). The first-order chi connectivity index (χ1) is 9.28. The fraction of sp³-hybridized carbons (Fsp3) is 0.929. The summed E-state index contributed by atoms with van der Waals surface area (Å²) in [5.74, 6) is 0.696. The number of nitrogens with zero attached hydrogens (tertiary/aromatic N) is 1. The first-order valence-electron chi connectivity index (χ1n) is 7.51. The number of hydrogen-bond acceptors (Lipinski definition) is 4. The van der Waals surface area contributed by atoms with Crippen LogP contribution in [0.2, 0.25) is 0 Å². The molecule has 2 aliphatic heterocycles. The van der Waals surface area contributed by atoms with Gasteiger partial charge >= 0.3 is 0 Å². The van der Waals surface area contributed by atoms with E-state index in [4.69, 9.17) is 15.2 Å². The zero-order chi connectivity index (χ0) is 13.2. The molecule has 1 unspecified atom stereocenters. The zero-order valence-electron chi connectivity index (χ0n) is 11.4. The Morgan fingerprint density at radius 3 is 2.63 bits per heavy atom. The van der Waals surface area contributed by atoms with Gasteiger partial charge in [0.2, 0.25) is 0 Å². The van der Waals surface area contributed by atoms with Crippen molar-refractivity contribution in [3.8, 4) is 0 Å². The first-order valence-corrected chi connectivity index (χ1v) is 7.51. The highest BCUT2D eigenvalue weighted by atomic mass is 16.5. The van der Waals surface area contributed by atoms with Gasteiger partial charge in [-0.3, -0.25) is 4.79 Å². The van der Waals surface area contributed by atoms with Crippen molar-refractivity contribution in [2.24, 2.45) is 11.7 Å². The molecule has 0 spiro atoms. The van der Waals surface area contributed by atoms with Crippen LogP contribution in [0.1, 0.15) is 32.1 Å². The molecule has 2 N–H and O–H groups in total. The van der Waals surface area contributed by atoms with Crippen molar-refractivity contribution < 1.29 is 14.3 Å². The monoisotopic (exact) mass is 268 g/mol. The fourth-order valence-corrected chi connectivity index (χ4v) is 3.06. The van der Waals surface area contributed by atoms with Gasteiger partial charge in [-0.25, -0.2) is 0 Å². The maximum absolute atomic E-state index is 12.6. The second-order valence-corrected chi connectivity index (χ2v) is 6.01. The smallest absolute Gasteiger partial charge is 0.251 e. The van der Waals surface area contributed by atoms with Crippen LogP contribution in [-0.2, 0) is 14.3 Å². The van der Waals surface area contributed by atoms with Gasteiger partial charge in [-0.05, 0) is 32.1 Å². The van der Waals surface area contributed by atoms with Crippen molar-refractivity contribution in [2.75, 3.05) is 26.3 Å². The molecule has 2 saturated heterocycles. The van der Waals surface area contributed by atoms with Gasteiger partial charge in [-0.2, -0.15) is 0 Å². The van der Waals surface area contributed by atoms with Gasteiger partial charge in [-0.15, -0.1) is 0 Å². The van der Waals surface area contributed by atoms with E-state index in [1.165, 1.54) is 0 Å². The van der Waals surface area contributed by atoms with Crippen LogP contribution >= 0.6 is 0 Å². The van der Waals surface area contributed by atoms with E-state index < -0.39 is 0 Å². The van der Waals surface area contributed by atoms with Crippen LogP contribution in [0.25, 0.3) is 0 Å². The molecule has 0 aromatic carbocycles. The van der Waals surface area contributed by atoms with Crippen molar-refractivity contribution in [1.82, 2.24) is 4.90 Å². The van der Waals surface area contributed by atoms with E-state index in [0.717, 1.165) is 51.9 Å². The third-order valence-electron chi connectivity index (χ3n) is 4.40. The average molecular weight is 268 g/mol. The standard InChI is InChI=1S/C14H24N2O3/c15-7-12-3-4-13(19-12)14(17)16(11-1-2-11)8-10-5-6-18-9-10/h10-13H,1-9,15H2/t10?,12-,13+/m1/s1. The molecule has 3 aliphatic rings. The van der Waals surface area contributed by atoms with E-state index in [9.17, 15) is 4.79 Å². The summed E-state index contributed by atoms with van der Waals surface area (Å²) >= 11 is 0. The van der Waals surface area contributed by atoms with Crippen LogP contribution < -0.4 is 5.73 Å². The van der Waals surface area contributed by atoms with Crippen LogP contribution in [0.3, 0.4) is 0 Å². The quantitative estimate of drug-likeness (QED) is 0.789. The molecular formula is C14H24N2O3. The summed E-state index contributed by atoms with van der Waals surface area (Å²) in [6.07, 6.45) is 4.93. The number of ether oxygens (including phenoxy) is 2. The topological polar surface area (TPSA) is 64.8 Å². The van der Waals surface area contributed by atoms with E-state index in [-0.39, 0.29) is 18.1 Å². The van der Waals surface area contributed by atoms with Crippen molar-refractivity contribution in [3.63, 3.8) is 0 Å². The summed E-state index contributed by atoms with van der Waals surface area (Å²) < 4.78 is 11.2. The summed E-state index contributed by atoms with van der Waals surface area (Å²) in [5, 5.41) is 0. The maximum Gasteiger partial charge on any atom is 0.251 e. The van der Waals surface area contributed by atoms with Gasteiger partial charge < -0.3 is 20.1 Å². The minimum absolute atomic E-state index is 0.0739. The summed E-state index contributed by atoms with van der Waals surface area (Å²) in [5.41, 5.74) is 5.61. The maximum atomic E-state index is 12.6. The van der Waals surface area contributed by atoms with Gasteiger partial charge in [0.15, 0.2) is 0 Å². The lowest BCUT2D eigenvalue weighted by Crippen LogP contribution is -2.43. The SMILES string of the molecule is NC[C@H]1CC[C@@H](C(=O)N(CC2CCOC2)C2CC2)O1. The molecule has 2 heterocycles. The third kappa shape index (κ3) is 3.09. The van der Waals surface area contributed by atoms with Gasteiger partial charge in [-0.1, -0.05) is 0 Å². The van der Waals surface area contributed by atoms with E-state index in [1.807, 2.05) is 0 Å². The number of carbonyl (C=O) groups is 1. The molecule has 1 aliphatic carbocycles. The van der Waals surface area contributed by atoms with Gasteiger partial charge in [0.05, 0.1) is 12.7 Å². The van der Waals surface area contributed by atoms with Gasteiger partial charge in [0.1, 0.15) is 6.10 Å². The molecule has 3 atom stereocenters. The Balaban J connectivity index is 1.58. The predicted octanol–water partition coefficient (Wildman–Crippen LogP) is 0.520. The highest BCUT2D eigenvalue weighted by Crippen LogP contribution is 2.31. The van der Waals surface area contributed by atoms with Crippen LogP contribution in [0.15, 0.2) is 0 Å². The van der Waals surface area contributed by atoms with E-state index >= 15 is 0 Å². The average Bonchev–Trinajstić information content (AvgIpc) is 2.95. The Labute approximate surface area is 114 Å². The summed E-state index contributed by atoms with van der Waals surface area (Å²) in [7, 11) is 0. The number of nitrogens with two attached hydrogens (primary N) is 1. The second-order valence-electron chi connectivity index (χ2n) is 6.01. The van der Waals surface area contributed by atoms with Gasteiger partial charge in [0.25, 0.3) is 5.91 Å². The molecule has 0 radical (unpaired) electrons. The van der Waals surface area contributed by atoms with E-state index in [1.54, 1.807) is 0 Å². The Morgan fingerprint density at radius 1 is 1.21 bits per heavy atom. The normalized spacial score (nSPS) is 34.7. The predicted molar refractivity (Wildman–Crippen MR) is 70.6 cm³/mol. The minimum atomic E-state index is -0.253. The molecule has 19 heavy (non-hydrogen) atoms. The zero-order valence-corrected chi connectivity index (χ0v) is 11.4. The van der Waals surface area contributed by atoms with Gasteiger partial charge in [0, 0.05) is 31.7 Å². The van der Waals surface area contributed by atoms with Crippen LogP contribution in [0, 0.1) is 5.92 Å². The first kappa shape index (κ1) is 13.3. The van der Waals surface area contributed by atoms with Crippen LogP contribution in [0.5, 0.6) is 0 Å². The Morgan fingerprint density at radius 2 is 2.05 bits per heavy atom. The summed E-state index contributed by atoms with van der Waals surface area (Å²) in [6, 6.07) is 0.452. The number of hydrogen-bond donors (Lipinski definition) is 1. The second kappa shape index (κ2) is 5.77. The van der Waals surface area contributed by atoms with Crippen LogP contribution in [0.4, 0.5) is 0 Å². The third-order valence-corrected chi connectivity index (χ3v) is 4.40. The summed E-state index contributed by atoms with van der Waals surface area (Å²) in [6.45, 7) is 3.00. The van der Waals surface area contributed by atoms with E-state index in [2.05, 4.69) is 4.90 Å². The molecule has 5 heteroatoms. The molecule has 0 aromatic rings. The molecule has 0 bridgehead atoms. The summed E-state index contributed by atoms with van der Waals surface area (Å²) in [4.78, 5) is 14.7.